The number of rotatable bonds is 11. The van der Waals surface area contributed by atoms with E-state index in [2.05, 4.69) is 10.6 Å². The first kappa shape index (κ1) is 24.0. The van der Waals surface area contributed by atoms with Crippen molar-refractivity contribution in [3.63, 3.8) is 0 Å². The number of carbonyl (C=O) groups is 3. The molecule has 0 unspecified atom stereocenters. The highest BCUT2D eigenvalue weighted by molar-refractivity contribution is 7.17. The summed E-state index contributed by atoms with van der Waals surface area (Å²) in [7, 11) is 1.76. The molecule has 33 heavy (non-hydrogen) atoms. The normalized spacial score (nSPS) is 11.3. The lowest BCUT2D eigenvalue weighted by molar-refractivity contribution is -0.148. The van der Waals surface area contributed by atoms with Crippen molar-refractivity contribution in [1.82, 2.24) is 5.32 Å². The fourth-order valence-corrected chi connectivity index (χ4v) is 3.74. The average molecular weight is 467 g/mol. The molecule has 0 spiro atoms. The molecule has 1 atom stereocenters. The van der Waals surface area contributed by atoms with Gasteiger partial charge in [0, 0.05) is 13.5 Å². The van der Waals surface area contributed by atoms with Crippen LogP contribution < -0.4 is 10.6 Å². The Morgan fingerprint density at radius 2 is 1.45 bits per heavy atom. The molecular weight excluding hydrogens is 440 g/mol. The Labute approximate surface area is 196 Å². The van der Waals surface area contributed by atoms with Gasteiger partial charge in [0.1, 0.15) is 19.3 Å². The molecule has 0 bridgehead atoms. The van der Waals surface area contributed by atoms with Gasteiger partial charge in [-0.3, -0.25) is 9.59 Å². The minimum absolute atomic E-state index is 0.0373. The SMILES string of the molecule is CNc1ccc(C(=O)N[C@@H](CCC(=O)OCc2ccccc2)C(=O)OCc2ccccc2)s1. The zero-order valence-electron chi connectivity index (χ0n) is 18.3. The average Bonchev–Trinajstić information content (AvgIpc) is 3.34. The zero-order chi connectivity index (χ0) is 23.5. The first-order valence-corrected chi connectivity index (χ1v) is 11.4. The molecule has 0 saturated heterocycles. The maximum absolute atomic E-state index is 12.7. The van der Waals surface area contributed by atoms with E-state index in [4.69, 9.17) is 9.47 Å². The number of carbonyl (C=O) groups excluding carboxylic acids is 3. The Kier molecular flexibility index (Phi) is 9.02. The molecule has 3 rings (SSSR count). The minimum atomic E-state index is -0.981. The number of anilines is 1. The van der Waals surface area contributed by atoms with Gasteiger partial charge in [-0.15, -0.1) is 11.3 Å². The van der Waals surface area contributed by atoms with Crippen molar-refractivity contribution >= 4 is 34.2 Å². The largest absolute Gasteiger partial charge is 0.461 e. The maximum atomic E-state index is 12.7. The van der Waals surface area contributed by atoms with Crippen molar-refractivity contribution < 1.29 is 23.9 Å². The zero-order valence-corrected chi connectivity index (χ0v) is 19.1. The van der Waals surface area contributed by atoms with Gasteiger partial charge in [-0.2, -0.15) is 0 Å². The van der Waals surface area contributed by atoms with Crippen molar-refractivity contribution in [2.45, 2.75) is 32.1 Å². The van der Waals surface area contributed by atoms with Crippen LogP contribution in [0.25, 0.3) is 0 Å². The fourth-order valence-electron chi connectivity index (χ4n) is 2.97. The Balaban J connectivity index is 1.58. The summed E-state index contributed by atoms with van der Waals surface area (Å²) in [6.07, 6.45) is 0.0294. The van der Waals surface area contributed by atoms with Gasteiger partial charge in [-0.05, 0) is 29.7 Å². The van der Waals surface area contributed by atoms with Gasteiger partial charge in [-0.1, -0.05) is 60.7 Å². The van der Waals surface area contributed by atoms with Crippen molar-refractivity contribution in [3.05, 3.63) is 88.8 Å². The van der Waals surface area contributed by atoms with Crippen LogP contribution in [0.2, 0.25) is 0 Å². The summed E-state index contributed by atoms with van der Waals surface area (Å²) in [4.78, 5) is 38.1. The van der Waals surface area contributed by atoms with Crippen molar-refractivity contribution in [3.8, 4) is 0 Å². The van der Waals surface area contributed by atoms with Gasteiger partial charge < -0.3 is 20.1 Å². The van der Waals surface area contributed by atoms with E-state index in [1.54, 1.807) is 19.2 Å². The Hall–Kier alpha value is -3.65. The van der Waals surface area contributed by atoms with Crippen LogP contribution in [-0.2, 0) is 32.3 Å². The van der Waals surface area contributed by atoms with Crippen molar-refractivity contribution in [2.75, 3.05) is 12.4 Å². The third-order valence-corrected chi connectivity index (χ3v) is 5.87. The van der Waals surface area contributed by atoms with Crippen LogP contribution in [0.15, 0.2) is 72.8 Å². The van der Waals surface area contributed by atoms with Crippen LogP contribution in [0.5, 0.6) is 0 Å². The molecule has 2 N–H and O–H groups in total. The van der Waals surface area contributed by atoms with E-state index in [0.29, 0.717) is 4.88 Å². The van der Waals surface area contributed by atoms with Crippen LogP contribution in [0.3, 0.4) is 0 Å². The van der Waals surface area contributed by atoms with Crippen molar-refractivity contribution in [1.29, 1.82) is 0 Å². The second-order valence-electron chi connectivity index (χ2n) is 7.22. The summed E-state index contributed by atoms with van der Waals surface area (Å²) in [5.41, 5.74) is 1.70. The predicted molar refractivity (Wildman–Crippen MR) is 127 cm³/mol. The Morgan fingerprint density at radius 1 is 0.848 bits per heavy atom. The van der Waals surface area contributed by atoms with Gasteiger partial charge in [0.2, 0.25) is 0 Å². The summed E-state index contributed by atoms with van der Waals surface area (Å²) in [5, 5.41) is 6.49. The second kappa shape index (κ2) is 12.4. The maximum Gasteiger partial charge on any atom is 0.328 e. The summed E-state index contributed by atoms with van der Waals surface area (Å²) < 4.78 is 10.7. The number of benzene rings is 2. The van der Waals surface area contributed by atoms with E-state index in [1.165, 1.54) is 11.3 Å². The highest BCUT2D eigenvalue weighted by Gasteiger charge is 2.25. The third kappa shape index (κ3) is 7.76. The second-order valence-corrected chi connectivity index (χ2v) is 8.30. The topological polar surface area (TPSA) is 93.7 Å². The molecule has 0 aliphatic rings. The van der Waals surface area contributed by atoms with Crippen molar-refractivity contribution in [2.24, 2.45) is 0 Å². The number of nitrogens with one attached hydrogen (secondary N) is 2. The summed E-state index contributed by atoms with van der Waals surface area (Å²) >= 11 is 1.27. The molecule has 0 saturated carbocycles. The Morgan fingerprint density at radius 3 is 2.03 bits per heavy atom. The van der Waals surface area contributed by atoms with Gasteiger partial charge >= 0.3 is 11.9 Å². The lowest BCUT2D eigenvalue weighted by atomic mass is 10.1. The third-order valence-electron chi connectivity index (χ3n) is 4.77. The fraction of sp³-hybridized carbons (Fsp3) is 0.240. The Bertz CT molecular complexity index is 1050. The summed E-state index contributed by atoms with van der Waals surface area (Å²) in [6.45, 7) is 0.227. The van der Waals surface area contributed by atoms with Gasteiger partial charge in [0.05, 0.1) is 9.88 Å². The molecule has 172 valence electrons. The first-order valence-electron chi connectivity index (χ1n) is 10.5. The smallest absolute Gasteiger partial charge is 0.328 e. The molecule has 0 aliphatic heterocycles. The molecule has 1 heterocycles. The summed E-state index contributed by atoms with van der Waals surface area (Å²) in [6, 6.07) is 21.0. The number of hydrogen-bond acceptors (Lipinski definition) is 7. The van der Waals surface area contributed by atoms with E-state index < -0.39 is 23.9 Å². The van der Waals surface area contributed by atoms with E-state index in [1.807, 2.05) is 60.7 Å². The molecule has 7 nitrogen and oxygen atoms in total. The van der Waals surface area contributed by atoms with Crippen LogP contribution in [0, 0.1) is 0 Å². The molecular formula is C25H26N2O5S. The van der Waals surface area contributed by atoms with E-state index in [-0.39, 0.29) is 26.1 Å². The van der Waals surface area contributed by atoms with E-state index >= 15 is 0 Å². The predicted octanol–water partition coefficient (Wildman–Crippen LogP) is 4.16. The molecule has 1 aromatic heterocycles. The monoisotopic (exact) mass is 466 g/mol. The number of hydrogen-bond donors (Lipinski definition) is 2. The van der Waals surface area contributed by atoms with Crippen LogP contribution >= 0.6 is 11.3 Å². The molecule has 8 heteroatoms. The first-order chi connectivity index (χ1) is 16.0. The number of ether oxygens (including phenoxy) is 2. The molecule has 0 fully saturated rings. The molecule has 0 aliphatic carbocycles. The standard InChI is InChI=1S/C25H26N2O5S/c1-26-22-14-13-21(33-22)24(29)27-20(25(30)32-17-19-10-6-3-7-11-19)12-15-23(28)31-16-18-8-4-2-5-9-18/h2-11,13-14,20,26H,12,15-17H2,1H3,(H,27,29)/t20-/m0/s1. The highest BCUT2D eigenvalue weighted by Crippen LogP contribution is 2.21. The lowest BCUT2D eigenvalue weighted by Gasteiger charge is -2.17. The highest BCUT2D eigenvalue weighted by atomic mass is 32.1. The number of thiophene rings is 1. The number of esters is 2. The van der Waals surface area contributed by atoms with Gasteiger partial charge in [0.25, 0.3) is 5.91 Å². The van der Waals surface area contributed by atoms with Crippen LogP contribution in [-0.4, -0.2) is 30.9 Å². The quantitative estimate of drug-likeness (QED) is 0.412. The number of amides is 1. The summed E-state index contributed by atoms with van der Waals surface area (Å²) in [5.74, 6) is -1.46. The molecule has 2 aromatic carbocycles. The lowest BCUT2D eigenvalue weighted by Crippen LogP contribution is -2.42. The van der Waals surface area contributed by atoms with E-state index in [0.717, 1.165) is 16.1 Å². The molecule has 0 radical (unpaired) electrons. The van der Waals surface area contributed by atoms with Gasteiger partial charge in [0.15, 0.2) is 0 Å². The van der Waals surface area contributed by atoms with E-state index in [9.17, 15) is 14.4 Å². The molecule has 3 aromatic rings. The van der Waals surface area contributed by atoms with Gasteiger partial charge in [-0.25, -0.2) is 4.79 Å². The van der Waals surface area contributed by atoms with Crippen LogP contribution in [0.4, 0.5) is 5.00 Å². The molecule has 1 amide bonds. The van der Waals surface area contributed by atoms with Crippen LogP contribution in [0.1, 0.15) is 33.6 Å². The minimum Gasteiger partial charge on any atom is -0.461 e.